The van der Waals surface area contributed by atoms with Gasteiger partial charge in [-0.25, -0.2) is 0 Å². The number of guanidine groups is 1. The van der Waals surface area contributed by atoms with Crippen LogP contribution in [0.4, 0.5) is 0 Å². The molecular weight excluding hydrogens is 364 g/mol. The Morgan fingerprint density at radius 2 is 2.03 bits per heavy atom. The van der Waals surface area contributed by atoms with Crippen molar-refractivity contribution in [3.05, 3.63) is 41.1 Å². The summed E-state index contributed by atoms with van der Waals surface area (Å²) in [5, 5.41) is 8.20. The third kappa shape index (κ3) is 5.21. The molecule has 7 heteroatoms. The summed E-state index contributed by atoms with van der Waals surface area (Å²) in [6.07, 6.45) is 4.62. The van der Waals surface area contributed by atoms with Gasteiger partial charge in [-0.1, -0.05) is 13.8 Å². The van der Waals surface area contributed by atoms with Crippen molar-refractivity contribution in [1.29, 1.82) is 0 Å². The summed E-state index contributed by atoms with van der Waals surface area (Å²) in [6.45, 7) is 10.2. The maximum atomic E-state index is 5.98. The zero-order valence-electron chi connectivity index (χ0n) is 18.8. The van der Waals surface area contributed by atoms with Gasteiger partial charge >= 0.3 is 0 Å². The van der Waals surface area contributed by atoms with Gasteiger partial charge in [0.1, 0.15) is 11.5 Å². The first-order valence-corrected chi connectivity index (χ1v) is 10.6. The van der Waals surface area contributed by atoms with Crippen LogP contribution in [-0.4, -0.2) is 59.3 Å². The van der Waals surface area contributed by atoms with Crippen molar-refractivity contribution in [2.24, 2.45) is 12.0 Å². The molecule has 1 N–H and O–H groups in total. The van der Waals surface area contributed by atoms with E-state index in [0.717, 1.165) is 49.4 Å². The van der Waals surface area contributed by atoms with E-state index >= 15 is 0 Å². The van der Waals surface area contributed by atoms with Crippen LogP contribution in [0.25, 0.3) is 0 Å². The molecule has 2 aromatic rings. The molecule has 0 aliphatic carbocycles. The van der Waals surface area contributed by atoms with E-state index in [1.165, 1.54) is 18.4 Å². The molecule has 0 bridgehead atoms. The predicted molar refractivity (Wildman–Crippen MR) is 117 cm³/mol. The highest BCUT2D eigenvalue weighted by Gasteiger charge is 2.26. The van der Waals surface area contributed by atoms with Crippen LogP contribution < -0.4 is 5.32 Å². The molecule has 1 aliphatic rings. The van der Waals surface area contributed by atoms with Gasteiger partial charge in [-0.3, -0.25) is 14.6 Å². The number of hydrogen-bond donors (Lipinski definition) is 1. The average Bonchev–Trinajstić information content (AvgIpc) is 3.41. The van der Waals surface area contributed by atoms with E-state index in [1.54, 1.807) is 0 Å². The Morgan fingerprint density at radius 1 is 1.31 bits per heavy atom. The monoisotopic (exact) mass is 400 g/mol. The molecule has 0 radical (unpaired) electrons. The van der Waals surface area contributed by atoms with Crippen molar-refractivity contribution in [2.45, 2.75) is 52.1 Å². The maximum Gasteiger partial charge on any atom is 0.193 e. The molecule has 0 amide bonds. The largest absolute Gasteiger partial charge is 0.465 e. The van der Waals surface area contributed by atoms with Crippen molar-refractivity contribution >= 4 is 5.96 Å². The lowest BCUT2D eigenvalue weighted by Gasteiger charge is -2.29. The zero-order chi connectivity index (χ0) is 21.0. The minimum Gasteiger partial charge on any atom is -0.465 e. The van der Waals surface area contributed by atoms with Crippen molar-refractivity contribution < 1.29 is 4.42 Å². The van der Waals surface area contributed by atoms with Gasteiger partial charge in [0, 0.05) is 46.0 Å². The van der Waals surface area contributed by atoms with E-state index in [2.05, 4.69) is 64.4 Å². The second kappa shape index (κ2) is 9.48. The minimum absolute atomic E-state index is 0.223. The fourth-order valence-corrected chi connectivity index (χ4v) is 4.16. The van der Waals surface area contributed by atoms with Crippen LogP contribution in [0.1, 0.15) is 61.4 Å². The number of rotatable bonds is 7. The fourth-order valence-electron chi connectivity index (χ4n) is 4.16. The molecule has 3 rings (SSSR count). The third-order valence-electron chi connectivity index (χ3n) is 5.59. The lowest BCUT2D eigenvalue weighted by molar-refractivity contribution is 0.212. The molecule has 0 spiro atoms. The molecule has 7 nitrogen and oxygen atoms in total. The van der Waals surface area contributed by atoms with E-state index in [0.29, 0.717) is 5.92 Å². The van der Waals surface area contributed by atoms with Gasteiger partial charge < -0.3 is 14.6 Å². The number of aryl methyl sites for hydroxylation is 2. The lowest BCUT2D eigenvalue weighted by Crippen LogP contribution is -2.43. The van der Waals surface area contributed by atoms with E-state index in [1.807, 2.05) is 25.7 Å². The highest BCUT2D eigenvalue weighted by atomic mass is 16.3. The Morgan fingerprint density at radius 3 is 2.62 bits per heavy atom. The van der Waals surface area contributed by atoms with Crippen molar-refractivity contribution in [3.8, 4) is 0 Å². The summed E-state index contributed by atoms with van der Waals surface area (Å²) in [5.74, 6) is 3.28. The average molecular weight is 401 g/mol. The Balaban J connectivity index is 1.68. The number of aromatic nitrogens is 2. The second-order valence-corrected chi connectivity index (χ2v) is 8.36. The van der Waals surface area contributed by atoms with Crippen LogP contribution in [0.3, 0.4) is 0 Å². The van der Waals surface area contributed by atoms with Crippen LogP contribution >= 0.6 is 0 Å². The number of aliphatic imine (C=N–C) groups is 1. The van der Waals surface area contributed by atoms with Crippen molar-refractivity contribution in [3.63, 3.8) is 0 Å². The van der Waals surface area contributed by atoms with Gasteiger partial charge in [-0.2, -0.15) is 5.10 Å². The van der Waals surface area contributed by atoms with Crippen LogP contribution in [0, 0.1) is 6.92 Å². The fraction of sp³-hybridized carbons (Fsp3) is 0.636. The molecule has 160 valence electrons. The van der Waals surface area contributed by atoms with E-state index in [9.17, 15) is 0 Å². The molecule has 2 aromatic heterocycles. The van der Waals surface area contributed by atoms with Gasteiger partial charge in [0.15, 0.2) is 5.96 Å². The third-order valence-corrected chi connectivity index (χ3v) is 5.59. The number of furan rings is 1. The Labute approximate surface area is 174 Å². The molecule has 29 heavy (non-hydrogen) atoms. The normalized spacial score (nSPS) is 16.6. The van der Waals surface area contributed by atoms with Gasteiger partial charge in [0.25, 0.3) is 0 Å². The lowest BCUT2D eigenvalue weighted by atomic mass is 10.1. The zero-order valence-corrected chi connectivity index (χ0v) is 18.8. The molecule has 1 atom stereocenters. The SMILES string of the molecule is CN=C(NCC(c1ccc(C)o1)N1CCCC1)N(C)Cc1cn(C)nc1C(C)C. The first kappa shape index (κ1) is 21.4. The second-order valence-electron chi connectivity index (χ2n) is 8.36. The molecule has 1 unspecified atom stereocenters. The summed E-state index contributed by atoms with van der Waals surface area (Å²) in [4.78, 5) is 9.19. The minimum atomic E-state index is 0.223. The predicted octanol–water partition coefficient (Wildman–Crippen LogP) is 3.29. The standard InChI is InChI=1S/C22H36N6O/c1-16(2)21-18(15-27(6)25-21)14-26(5)22(23-4)24-13-19(28-11-7-8-12-28)20-10-9-17(3)29-20/h9-10,15-16,19H,7-8,11-14H2,1-6H3,(H,23,24). The Kier molecular flexibility index (Phi) is 7.00. The van der Waals surface area contributed by atoms with Crippen LogP contribution in [0.5, 0.6) is 0 Å². The van der Waals surface area contributed by atoms with E-state index in [-0.39, 0.29) is 6.04 Å². The Bertz CT molecular complexity index is 815. The highest BCUT2D eigenvalue weighted by Crippen LogP contribution is 2.26. The molecule has 3 heterocycles. The smallest absolute Gasteiger partial charge is 0.193 e. The Hall–Kier alpha value is -2.28. The highest BCUT2D eigenvalue weighted by molar-refractivity contribution is 5.79. The first-order chi connectivity index (χ1) is 13.9. The molecule has 1 fully saturated rings. The molecule has 1 saturated heterocycles. The number of nitrogens with zero attached hydrogens (tertiary/aromatic N) is 5. The van der Waals surface area contributed by atoms with Gasteiger partial charge in [0.2, 0.25) is 0 Å². The van der Waals surface area contributed by atoms with Gasteiger partial charge in [-0.15, -0.1) is 0 Å². The van der Waals surface area contributed by atoms with Gasteiger partial charge in [-0.05, 0) is 50.9 Å². The molecular formula is C22H36N6O. The summed E-state index contributed by atoms with van der Waals surface area (Å²) >= 11 is 0. The number of hydrogen-bond acceptors (Lipinski definition) is 4. The maximum absolute atomic E-state index is 5.98. The van der Waals surface area contributed by atoms with Gasteiger partial charge in [0.05, 0.1) is 11.7 Å². The molecule has 0 saturated carbocycles. The number of nitrogens with one attached hydrogen (secondary N) is 1. The van der Waals surface area contributed by atoms with Crippen molar-refractivity contribution in [1.82, 2.24) is 24.9 Å². The summed E-state index contributed by atoms with van der Waals surface area (Å²) in [7, 11) is 5.90. The summed E-state index contributed by atoms with van der Waals surface area (Å²) in [5.41, 5.74) is 2.39. The van der Waals surface area contributed by atoms with Crippen LogP contribution in [-0.2, 0) is 13.6 Å². The summed E-state index contributed by atoms with van der Waals surface area (Å²) < 4.78 is 7.88. The molecule has 0 aromatic carbocycles. The first-order valence-electron chi connectivity index (χ1n) is 10.6. The number of likely N-dealkylation sites (tertiary alicyclic amines) is 1. The molecule has 1 aliphatic heterocycles. The summed E-state index contributed by atoms with van der Waals surface area (Å²) in [6, 6.07) is 4.38. The van der Waals surface area contributed by atoms with E-state index in [4.69, 9.17) is 4.42 Å². The topological polar surface area (TPSA) is 61.8 Å². The van der Waals surface area contributed by atoms with Crippen LogP contribution in [0.15, 0.2) is 27.7 Å². The van der Waals surface area contributed by atoms with Crippen LogP contribution in [0.2, 0.25) is 0 Å². The van der Waals surface area contributed by atoms with E-state index < -0.39 is 0 Å². The quantitative estimate of drug-likeness (QED) is 0.571. The van der Waals surface area contributed by atoms with Crippen molar-refractivity contribution in [2.75, 3.05) is 33.7 Å².